The lowest BCUT2D eigenvalue weighted by Crippen LogP contribution is -2.78. The number of amides is 3. The molecule has 0 saturated carbocycles. The average molecular weight is 444 g/mol. The van der Waals surface area contributed by atoms with Crippen LogP contribution in [-0.2, 0) is 25.5 Å². The van der Waals surface area contributed by atoms with Crippen molar-refractivity contribution in [3.8, 4) is 0 Å². The van der Waals surface area contributed by atoms with Crippen LogP contribution in [0.5, 0.6) is 0 Å². The largest absolute Gasteiger partial charge is 0.477 e. The van der Waals surface area contributed by atoms with Gasteiger partial charge < -0.3 is 20.9 Å². The molecule has 0 aromatic carbocycles. The molecule has 2 aliphatic rings. The highest BCUT2D eigenvalue weighted by Crippen LogP contribution is 2.50. The number of carbonyl (C=O) groups is 4. The normalized spacial score (nSPS) is 23.7. The van der Waals surface area contributed by atoms with Crippen molar-refractivity contribution in [2.45, 2.75) is 16.7 Å². The van der Waals surface area contributed by atoms with Gasteiger partial charge in [0, 0.05) is 16.2 Å². The summed E-state index contributed by atoms with van der Waals surface area (Å²) < 4.78 is 4.70. The maximum atomic E-state index is 12.9. The number of carbonyl (C=O) groups excluding carboxylic acids is 3. The number of fused-ring (bicyclic) bond motifs is 1. The quantitative estimate of drug-likeness (QED) is 0.416. The van der Waals surface area contributed by atoms with Crippen LogP contribution in [0.15, 0.2) is 28.8 Å². The molecule has 0 aliphatic carbocycles. The Labute approximate surface area is 172 Å². The van der Waals surface area contributed by atoms with Crippen LogP contribution in [0.2, 0.25) is 0 Å². The van der Waals surface area contributed by atoms with Crippen molar-refractivity contribution in [3.63, 3.8) is 0 Å². The molecule has 9 nitrogen and oxygen atoms in total. The van der Waals surface area contributed by atoms with Crippen molar-refractivity contribution in [1.29, 1.82) is 0 Å². The van der Waals surface area contributed by atoms with Crippen LogP contribution in [0.1, 0.15) is 4.88 Å². The van der Waals surface area contributed by atoms with Crippen LogP contribution < -0.4 is 11.1 Å². The molecular formula is C16H17N3O6S3. The molecule has 3 rings (SSSR count). The Kier molecular flexibility index (Phi) is 5.91. The van der Waals surface area contributed by atoms with Gasteiger partial charge >= 0.3 is 12.1 Å². The second kappa shape index (κ2) is 8.05. The molecule has 1 aromatic rings. The predicted octanol–water partition coefficient (Wildman–Crippen LogP) is 0.815. The van der Waals surface area contributed by atoms with Gasteiger partial charge in [-0.25, -0.2) is 9.59 Å². The molecule has 1 unspecified atom stereocenters. The third kappa shape index (κ3) is 3.59. The molecule has 0 spiro atoms. The fraction of sp³-hybridized carbons (Fsp3) is 0.375. The maximum Gasteiger partial charge on any atom is 0.404 e. The van der Waals surface area contributed by atoms with Crippen LogP contribution in [0.25, 0.3) is 0 Å². The van der Waals surface area contributed by atoms with Crippen LogP contribution in [0.4, 0.5) is 4.79 Å². The summed E-state index contributed by atoms with van der Waals surface area (Å²) in [5.41, 5.74) is 4.99. The highest BCUT2D eigenvalue weighted by molar-refractivity contribution is 8.05. The van der Waals surface area contributed by atoms with E-state index < -0.39 is 28.2 Å². The Morgan fingerprint density at radius 1 is 1.50 bits per heavy atom. The van der Waals surface area contributed by atoms with Crippen molar-refractivity contribution in [2.75, 3.05) is 18.6 Å². The van der Waals surface area contributed by atoms with E-state index in [2.05, 4.69) is 5.32 Å². The minimum absolute atomic E-state index is 0.143. The second-order valence-electron chi connectivity index (χ2n) is 5.95. The van der Waals surface area contributed by atoms with E-state index in [-0.39, 0.29) is 36.0 Å². The number of nitrogens with two attached hydrogens (primary N) is 1. The molecule has 28 heavy (non-hydrogen) atoms. The molecule has 3 heterocycles. The first-order valence-electron chi connectivity index (χ1n) is 8.01. The SMILES string of the molecule is CSC1(NC(=O)Cc2cccs2)C(=O)N2C(C(=O)O)=C(COC(N)=O)CS[C@H]21. The zero-order valence-corrected chi connectivity index (χ0v) is 17.1. The number of hydrogen-bond donors (Lipinski definition) is 3. The predicted molar refractivity (Wildman–Crippen MR) is 106 cm³/mol. The van der Waals surface area contributed by atoms with E-state index in [1.165, 1.54) is 34.9 Å². The number of ether oxygens (including phenoxy) is 1. The molecule has 12 heteroatoms. The molecule has 3 amide bonds. The third-order valence-corrected chi connectivity index (χ3v) is 7.83. The number of thioether (sulfide) groups is 2. The van der Waals surface area contributed by atoms with E-state index in [0.29, 0.717) is 0 Å². The number of hydrogen-bond acceptors (Lipinski definition) is 8. The zero-order valence-electron chi connectivity index (χ0n) is 14.7. The molecule has 2 aliphatic heterocycles. The van der Waals surface area contributed by atoms with Gasteiger partial charge in [0.1, 0.15) is 17.7 Å². The van der Waals surface area contributed by atoms with E-state index in [1.54, 1.807) is 6.26 Å². The van der Waals surface area contributed by atoms with Crippen molar-refractivity contribution >= 4 is 58.7 Å². The number of aliphatic carboxylic acids is 1. The second-order valence-corrected chi connectivity index (χ2v) is 9.10. The molecule has 1 fully saturated rings. The van der Waals surface area contributed by atoms with Crippen molar-refractivity contribution in [2.24, 2.45) is 5.73 Å². The summed E-state index contributed by atoms with van der Waals surface area (Å²) >= 11 is 3.90. The smallest absolute Gasteiger partial charge is 0.404 e. The van der Waals surface area contributed by atoms with Gasteiger partial charge in [0.15, 0.2) is 4.87 Å². The Morgan fingerprint density at radius 2 is 2.25 bits per heavy atom. The minimum atomic E-state index is -1.30. The Bertz CT molecular complexity index is 856. The monoisotopic (exact) mass is 443 g/mol. The molecule has 2 atom stereocenters. The van der Waals surface area contributed by atoms with Gasteiger partial charge in [-0.3, -0.25) is 14.5 Å². The highest BCUT2D eigenvalue weighted by Gasteiger charge is 2.65. The average Bonchev–Trinajstić information content (AvgIpc) is 3.15. The summed E-state index contributed by atoms with van der Waals surface area (Å²) in [4.78, 5) is 48.7. The summed E-state index contributed by atoms with van der Waals surface area (Å²) in [6, 6.07) is 3.67. The van der Waals surface area contributed by atoms with Gasteiger partial charge in [-0.05, 0) is 17.7 Å². The molecule has 1 saturated heterocycles. The molecule has 1 aromatic heterocycles. The van der Waals surface area contributed by atoms with Crippen molar-refractivity contribution in [3.05, 3.63) is 33.7 Å². The highest BCUT2D eigenvalue weighted by atomic mass is 32.2. The summed E-state index contributed by atoms with van der Waals surface area (Å²) in [6.45, 7) is -0.308. The minimum Gasteiger partial charge on any atom is -0.477 e. The lowest BCUT2D eigenvalue weighted by atomic mass is 10.0. The van der Waals surface area contributed by atoms with Crippen LogP contribution in [-0.4, -0.2) is 62.7 Å². The molecule has 0 radical (unpaired) electrons. The van der Waals surface area contributed by atoms with Gasteiger partial charge in [-0.2, -0.15) is 0 Å². The third-order valence-electron chi connectivity index (χ3n) is 4.26. The first-order valence-corrected chi connectivity index (χ1v) is 11.2. The van der Waals surface area contributed by atoms with Crippen LogP contribution in [0.3, 0.4) is 0 Å². The van der Waals surface area contributed by atoms with E-state index in [0.717, 1.165) is 9.78 Å². The van der Waals surface area contributed by atoms with Crippen molar-refractivity contribution < 1.29 is 29.0 Å². The van der Waals surface area contributed by atoms with Gasteiger partial charge in [0.05, 0.1) is 6.42 Å². The summed E-state index contributed by atoms with van der Waals surface area (Å²) in [7, 11) is 0. The molecular weight excluding hydrogens is 426 g/mol. The lowest BCUT2D eigenvalue weighted by Gasteiger charge is -2.56. The summed E-state index contributed by atoms with van der Waals surface area (Å²) in [6.07, 6.45) is 0.805. The van der Waals surface area contributed by atoms with Gasteiger partial charge in [-0.15, -0.1) is 34.9 Å². The van der Waals surface area contributed by atoms with E-state index in [1.807, 2.05) is 17.5 Å². The lowest BCUT2D eigenvalue weighted by molar-refractivity contribution is -0.152. The van der Waals surface area contributed by atoms with E-state index >= 15 is 0 Å². The number of rotatable bonds is 7. The number of β-lactam (4-membered cyclic amide) rings is 1. The number of carboxylic acids is 1. The number of nitrogens with one attached hydrogen (secondary N) is 1. The number of thiophene rings is 1. The van der Waals surface area contributed by atoms with Crippen LogP contribution >= 0.6 is 34.9 Å². The van der Waals surface area contributed by atoms with E-state index in [4.69, 9.17) is 10.5 Å². The number of carboxylic acid groups (broad SMARTS) is 1. The standard InChI is InChI=1S/C16H17N3O6S3/c1-26-16(18-10(20)5-9-3-2-4-27-9)13(23)19-11(12(21)22)8(6-25-15(17)24)7-28-14(16)19/h2-4,14H,5-7H2,1H3,(H2,17,24)(H,18,20)(H,21,22)/t14-,16?/m0/s1. The molecule has 0 bridgehead atoms. The summed E-state index contributed by atoms with van der Waals surface area (Å²) in [5, 5.41) is 13.7. The fourth-order valence-electron chi connectivity index (χ4n) is 3.04. The summed E-state index contributed by atoms with van der Waals surface area (Å²) in [5.74, 6) is -1.91. The molecule has 150 valence electrons. The zero-order chi connectivity index (χ0) is 20.5. The Hall–Kier alpha value is -2.18. The first kappa shape index (κ1) is 20.6. The fourth-order valence-corrected chi connectivity index (χ4v) is 6.35. The molecule has 4 N–H and O–H groups in total. The number of nitrogens with zero attached hydrogens (tertiary/aromatic N) is 1. The van der Waals surface area contributed by atoms with Gasteiger partial charge in [0.2, 0.25) is 5.91 Å². The van der Waals surface area contributed by atoms with Crippen LogP contribution in [0, 0.1) is 0 Å². The first-order chi connectivity index (χ1) is 13.3. The maximum absolute atomic E-state index is 12.9. The Morgan fingerprint density at radius 3 is 2.82 bits per heavy atom. The van der Waals surface area contributed by atoms with Gasteiger partial charge in [0.25, 0.3) is 5.91 Å². The van der Waals surface area contributed by atoms with E-state index in [9.17, 15) is 24.3 Å². The topological polar surface area (TPSA) is 139 Å². The van der Waals surface area contributed by atoms with Gasteiger partial charge in [-0.1, -0.05) is 6.07 Å². The number of primary amides is 1. The van der Waals surface area contributed by atoms with Crippen molar-refractivity contribution in [1.82, 2.24) is 10.2 Å². The Balaban J connectivity index is 1.81.